The number of carbonyl (C=O) groups is 4. The van der Waals surface area contributed by atoms with Gasteiger partial charge in [0, 0.05) is 42.8 Å². The summed E-state index contributed by atoms with van der Waals surface area (Å²) in [7, 11) is 0. The number of amides is 4. The first-order valence-corrected chi connectivity index (χ1v) is 10.9. The van der Waals surface area contributed by atoms with E-state index in [1.165, 1.54) is 6.07 Å². The Balaban J connectivity index is 1.50. The van der Waals surface area contributed by atoms with Gasteiger partial charge < -0.3 is 26.4 Å². The van der Waals surface area contributed by atoms with Crippen molar-refractivity contribution >= 4 is 35.7 Å². The van der Waals surface area contributed by atoms with Crippen molar-refractivity contribution in [3.63, 3.8) is 0 Å². The number of carboxylic acid groups (broad SMARTS) is 1. The fraction of sp³-hybridized carbons (Fsp3) is 0.250. The molecule has 1 aromatic carbocycles. The van der Waals surface area contributed by atoms with E-state index in [-0.39, 0.29) is 31.5 Å². The van der Waals surface area contributed by atoms with E-state index in [4.69, 9.17) is 5.11 Å². The zero-order valence-corrected chi connectivity index (χ0v) is 18.9. The van der Waals surface area contributed by atoms with Gasteiger partial charge in [-0.15, -0.1) is 0 Å². The zero-order chi connectivity index (χ0) is 25.1. The van der Waals surface area contributed by atoms with E-state index in [1.54, 1.807) is 61.1 Å². The van der Waals surface area contributed by atoms with Crippen molar-refractivity contribution in [3.8, 4) is 0 Å². The third-order valence-corrected chi connectivity index (χ3v) is 5.15. The maximum Gasteiger partial charge on any atom is 0.319 e. The van der Waals surface area contributed by atoms with Crippen molar-refractivity contribution in [1.29, 1.82) is 0 Å². The molecule has 1 aliphatic rings. The molecule has 0 fully saturated rings. The minimum absolute atomic E-state index is 0.136. The van der Waals surface area contributed by atoms with Crippen molar-refractivity contribution in [1.82, 2.24) is 20.9 Å². The van der Waals surface area contributed by atoms with Crippen molar-refractivity contribution in [3.05, 3.63) is 72.1 Å². The topological polar surface area (TPSA) is 162 Å². The number of dihydropyridines is 1. The quantitative estimate of drug-likeness (QED) is 0.348. The van der Waals surface area contributed by atoms with Crippen molar-refractivity contribution in [2.24, 2.45) is 4.99 Å². The molecule has 0 saturated carbocycles. The molecule has 3 rings (SSSR count). The average molecular weight is 479 g/mol. The smallest absolute Gasteiger partial charge is 0.319 e. The third kappa shape index (κ3) is 8.07. The summed E-state index contributed by atoms with van der Waals surface area (Å²) in [4.78, 5) is 56.2. The van der Waals surface area contributed by atoms with Gasteiger partial charge in [-0.3, -0.25) is 24.4 Å². The SMILES string of the molecule is O=C(O)CCC1(NC(=O)CNC(=O)c2cccc(NC(=O)NCc3ccncc3)c2)C=CC=NC1. The molecular weight excluding hydrogens is 452 g/mol. The Morgan fingerprint density at radius 2 is 1.86 bits per heavy atom. The lowest BCUT2D eigenvalue weighted by Gasteiger charge is -2.31. The summed E-state index contributed by atoms with van der Waals surface area (Å²) in [6, 6.07) is 9.43. The van der Waals surface area contributed by atoms with Gasteiger partial charge in [0.2, 0.25) is 5.91 Å². The minimum Gasteiger partial charge on any atom is -0.481 e. The number of nitrogens with one attached hydrogen (secondary N) is 4. The molecule has 11 heteroatoms. The number of pyridine rings is 1. The average Bonchev–Trinajstić information content (AvgIpc) is 2.86. The highest BCUT2D eigenvalue weighted by molar-refractivity contribution is 5.98. The van der Waals surface area contributed by atoms with Gasteiger partial charge in [-0.1, -0.05) is 12.1 Å². The zero-order valence-electron chi connectivity index (χ0n) is 18.9. The van der Waals surface area contributed by atoms with Crippen LogP contribution in [-0.4, -0.2) is 58.7 Å². The van der Waals surface area contributed by atoms with Gasteiger partial charge in [-0.25, -0.2) is 4.79 Å². The molecule has 1 unspecified atom stereocenters. The van der Waals surface area contributed by atoms with E-state index in [0.717, 1.165) is 5.56 Å². The highest BCUT2D eigenvalue weighted by atomic mass is 16.4. The molecule has 2 aromatic rings. The van der Waals surface area contributed by atoms with Crippen LogP contribution in [0.25, 0.3) is 0 Å². The molecule has 0 saturated heterocycles. The minimum atomic E-state index is -0.977. The Labute approximate surface area is 201 Å². The third-order valence-electron chi connectivity index (χ3n) is 5.15. The summed E-state index contributed by atoms with van der Waals surface area (Å²) in [5, 5.41) is 19.7. The summed E-state index contributed by atoms with van der Waals surface area (Å²) < 4.78 is 0. The van der Waals surface area contributed by atoms with Gasteiger partial charge in [0.1, 0.15) is 0 Å². The number of carbonyl (C=O) groups excluding carboxylic acids is 3. The van der Waals surface area contributed by atoms with Crippen LogP contribution in [-0.2, 0) is 16.1 Å². The van der Waals surface area contributed by atoms with Gasteiger partial charge in [-0.05, 0) is 48.4 Å². The summed E-state index contributed by atoms with van der Waals surface area (Å²) in [5.74, 6) is -1.96. The molecular formula is C24H26N6O5. The molecule has 35 heavy (non-hydrogen) atoms. The Kier molecular flexibility index (Phi) is 8.65. The van der Waals surface area contributed by atoms with Crippen LogP contribution in [0.2, 0.25) is 0 Å². The second-order valence-corrected chi connectivity index (χ2v) is 7.87. The number of nitrogens with zero attached hydrogens (tertiary/aromatic N) is 2. The van der Waals surface area contributed by atoms with E-state index in [9.17, 15) is 19.2 Å². The molecule has 11 nitrogen and oxygen atoms in total. The predicted molar refractivity (Wildman–Crippen MR) is 129 cm³/mol. The number of benzene rings is 1. The summed E-state index contributed by atoms with van der Waals surface area (Å²) in [6.45, 7) is 0.223. The maximum absolute atomic E-state index is 12.5. The van der Waals surface area contributed by atoms with Crippen LogP contribution in [0.15, 0.2) is 65.9 Å². The molecule has 182 valence electrons. The lowest BCUT2D eigenvalue weighted by atomic mass is 9.91. The van der Waals surface area contributed by atoms with Crippen LogP contribution in [0, 0.1) is 0 Å². The van der Waals surface area contributed by atoms with Crippen molar-refractivity contribution in [2.45, 2.75) is 24.9 Å². The maximum atomic E-state index is 12.5. The number of hydrogen-bond donors (Lipinski definition) is 5. The van der Waals surface area contributed by atoms with E-state index in [1.807, 2.05) is 0 Å². The molecule has 0 aliphatic carbocycles. The molecule has 0 radical (unpaired) electrons. The van der Waals surface area contributed by atoms with Crippen molar-refractivity contribution in [2.75, 3.05) is 18.4 Å². The van der Waals surface area contributed by atoms with Crippen LogP contribution in [0.4, 0.5) is 10.5 Å². The summed E-state index contributed by atoms with van der Waals surface area (Å²) in [6.07, 6.45) is 8.23. The lowest BCUT2D eigenvalue weighted by Crippen LogP contribution is -2.53. The van der Waals surface area contributed by atoms with Crippen LogP contribution in [0.5, 0.6) is 0 Å². The number of anilines is 1. The Bertz CT molecular complexity index is 1130. The predicted octanol–water partition coefficient (Wildman–Crippen LogP) is 1.49. The van der Waals surface area contributed by atoms with E-state index in [0.29, 0.717) is 12.2 Å². The first kappa shape index (κ1) is 25.1. The van der Waals surface area contributed by atoms with Crippen molar-refractivity contribution < 1.29 is 24.3 Å². The number of hydrogen-bond acceptors (Lipinski definition) is 6. The lowest BCUT2D eigenvalue weighted by molar-refractivity contribution is -0.137. The van der Waals surface area contributed by atoms with E-state index in [2.05, 4.69) is 31.2 Å². The van der Waals surface area contributed by atoms with Crippen LogP contribution < -0.4 is 21.3 Å². The first-order chi connectivity index (χ1) is 16.8. The summed E-state index contributed by atoms with van der Waals surface area (Å²) in [5.41, 5.74) is 0.643. The number of aromatic nitrogens is 1. The number of rotatable bonds is 10. The number of carboxylic acids is 1. The Morgan fingerprint density at radius 3 is 2.57 bits per heavy atom. The van der Waals surface area contributed by atoms with E-state index < -0.39 is 29.4 Å². The number of urea groups is 1. The number of allylic oxidation sites excluding steroid dienone is 1. The van der Waals surface area contributed by atoms with Gasteiger partial charge >= 0.3 is 12.0 Å². The Hall–Kier alpha value is -4.54. The molecule has 4 amide bonds. The molecule has 5 N–H and O–H groups in total. The van der Waals surface area contributed by atoms with Gasteiger partial charge in [-0.2, -0.15) is 0 Å². The normalized spacial score (nSPS) is 16.2. The molecule has 1 aliphatic heterocycles. The van der Waals surface area contributed by atoms with Crippen LogP contribution >= 0.6 is 0 Å². The second-order valence-electron chi connectivity index (χ2n) is 7.87. The molecule has 0 spiro atoms. The second kappa shape index (κ2) is 12.1. The first-order valence-electron chi connectivity index (χ1n) is 10.9. The summed E-state index contributed by atoms with van der Waals surface area (Å²) >= 11 is 0. The molecule has 1 atom stereocenters. The van der Waals surface area contributed by atoms with Crippen LogP contribution in [0.1, 0.15) is 28.8 Å². The highest BCUT2D eigenvalue weighted by Crippen LogP contribution is 2.18. The van der Waals surface area contributed by atoms with Gasteiger partial charge in [0.25, 0.3) is 5.91 Å². The fourth-order valence-corrected chi connectivity index (χ4v) is 3.37. The Morgan fingerprint density at radius 1 is 1.06 bits per heavy atom. The number of aliphatic carboxylic acids is 1. The standard InChI is InChI=1S/C24H26N6O5/c31-20(30-24(9-5-21(32)33)8-2-10-26-16-24)15-27-22(34)18-3-1-4-19(13-18)29-23(35)28-14-17-6-11-25-12-7-17/h1-4,6-8,10-13H,5,9,14-16H2,(H,27,34)(H,30,31)(H,32,33)(H2,28,29,35). The van der Waals surface area contributed by atoms with Gasteiger partial charge in [0.05, 0.1) is 18.6 Å². The number of aliphatic imine (C=N–C) groups is 1. The fourth-order valence-electron chi connectivity index (χ4n) is 3.37. The van der Waals surface area contributed by atoms with E-state index >= 15 is 0 Å². The molecule has 1 aromatic heterocycles. The molecule has 0 bridgehead atoms. The highest BCUT2D eigenvalue weighted by Gasteiger charge is 2.30. The molecule has 2 heterocycles. The van der Waals surface area contributed by atoms with Crippen LogP contribution in [0.3, 0.4) is 0 Å². The largest absolute Gasteiger partial charge is 0.481 e. The monoisotopic (exact) mass is 478 g/mol. The van der Waals surface area contributed by atoms with Gasteiger partial charge in [0.15, 0.2) is 0 Å².